The van der Waals surface area contributed by atoms with E-state index in [1.165, 1.54) is 0 Å². The second-order valence-electron chi connectivity index (χ2n) is 7.73. The van der Waals surface area contributed by atoms with Crippen LogP contribution in [0, 0.1) is 17.3 Å². The van der Waals surface area contributed by atoms with Gasteiger partial charge in [0.2, 0.25) is 5.88 Å². The zero-order chi connectivity index (χ0) is 22.1. The first-order chi connectivity index (χ1) is 14.0. The predicted octanol–water partition coefficient (Wildman–Crippen LogP) is 6.17. The van der Waals surface area contributed by atoms with Crippen LogP contribution in [0.3, 0.4) is 0 Å². The summed E-state index contributed by atoms with van der Waals surface area (Å²) in [6, 6.07) is 14.0. The van der Waals surface area contributed by atoms with Crippen molar-refractivity contribution in [3.05, 3.63) is 66.1 Å². The van der Waals surface area contributed by atoms with Crippen LogP contribution in [0.1, 0.15) is 32.6 Å². The van der Waals surface area contributed by atoms with Gasteiger partial charge >= 0.3 is 12.1 Å². The van der Waals surface area contributed by atoms with Crippen molar-refractivity contribution >= 4 is 5.97 Å². The Morgan fingerprint density at radius 1 is 1.13 bits per heavy atom. The molecule has 0 saturated heterocycles. The summed E-state index contributed by atoms with van der Waals surface area (Å²) in [5, 5.41) is 0. The van der Waals surface area contributed by atoms with Gasteiger partial charge < -0.3 is 9.47 Å². The fraction of sp³-hybridized carbons (Fsp3) is 0.364. The van der Waals surface area contributed by atoms with Crippen LogP contribution in [0.5, 0.6) is 11.6 Å². The number of carbonyl (C=O) groups is 1. The average molecular weight is 423 g/mol. The Bertz CT molecular complexity index is 941. The lowest BCUT2D eigenvalue weighted by Crippen LogP contribution is -2.14. The maximum absolute atomic E-state index is 13.3. The van der Waals surface area contributed by atoms with Gasteiger partial charge in [-0.15, -0.1) is 0 Å². The number of pyridine rings is 1. The molecule has 8 heteroatoms. The summed E-state index contributed by atoms with van der Waals surface area (Å²) < 4.78 is 61.7. The van der Waals surface area contributed by atoms with E-state index in [0.717, 1.165) is 0 Å². The van der Waals surface area contributed by atoms with Crippen molar-refractivity contribution < 1.29 is 31.8 Å². The highest BCUT2D eigenvalue weighted by Gasteiger charge is 2.62. The molecular weight excluding hydrogens is 402 g/mol. The number of benzene rings is 1. The number of hydrogen-bond donors (Lipinski definition) is 0. The van der Waals surface area contributed by atoms with Crippen molar-refractivity contribution in [2.45, 2.75) is 33.1 Å². The third kappa shape index (κ3) is 4.80. The van der Waals surface area contributed by atoms with Gasteiger partial charge in [-0.25, -0.2) is 9.37 Å². The van der Waals surface area contributed by atoms with Gasteiger partial charge in [-0.2, -0.15) is 13.2 Å². The minimum absolute atomic E-state index is 0.307. The number of allylic oxidation sites excluding steroid dienone is 2. The number of carbonyl (C=O) groups excluding carboxylic acids is 1. The second-order valence-corrected chi connectivity index (χ2v) is 7.73. The molecular formula is C22H21F4NO3. The summed E-state index contributed by atoms with van der Waals surface area (Å²) >= 11 is 0. The van der Waals surface area contributed by atoms with Gasteiger partial charge in [0.05, 0.1) is 11.6 Å². The summed E-state index contributed by atoms with van der Waals surface area (Å²) in [6.07, 6.45) is -5.36. The second kappa shape index (κ2) is 8.08. The fourth-order valence-corrected chi connectivity index (χ4v) is 3.32. The Morgan fingerprint density at radius 3 is 2.43 bits per heavy atom. The highest BCUT2D eigenvalue weighted by atomic mass is 19.4. The molecule has 0 amide bonds. The summed E-state index contributed by atoms with van der Waals surface area (Å²) in [5.41, 5.74) is -0.408. The largest absolute Gasteiger partial charge is 0.456 e. The van der Waals surface area contributed by atoms with E-state index in [1.54, 1.807) is 51.1 Å². The summed E-state index contributed by atoms with van der Waals surface area (Å²) in [4.78, 5) is 16.8. The smallest absolute Gasteiger partial charge is 0.442 e. The van der Waals surface area contributed by atoms with Crippen molar-refractivity contribution in [1.82, 2.24) is 4.98 Å². The van der Waals surface area contributed by atoms with Gasteiger partial charge in [0, 0.05) is 6.07 Å². The molecule has 1 aromatic heterocycles. The number of halogens is 4. The van der Waals surface area contributed by atoms with E-state index >= 15 is 0 Å². The standard InChI is InChI=1S/C22H21F4NO3/c1-13(16-10-7-11-18(27-16)30-14-8-5-4-6-9-14)29-20(28)19-15(21(19,2)3)12-17(23)22(24,25)26/h4-13,15,19H,1-3H3/t13?,15-,19-/m0/s1. The van der Waals surface area contributed by atoms with Crippen molar-refractivity contribution in [3.8, 4) is 11.6 Å². The first kappa shape index (κ1) is 21.8. The van der Waals surface area contributed by atoms with Gasteiger partial charge in [0.15, 0.2) is 5.83 Å². The third-order valence-corrected chi connectivity index (χ3v) is 5.18. The van der Waals surface area contributed by atoms with E-state index in [4.69, 9.17) is 9.47 Å². The van der Waals surface area contributed by atoms with E-state index in [0.29, 0.717) is 23.4 Å². The number of para-hydroxylation sites is 1. The van der Waals surface area contributed by atoms with Crippen LogP contribution in [-0.4, -0.2) is 17.1 Å². The zero-order valence-corrected chi connectivity index (χ0v) is 16.6. The van der Waals surface area contributed by atoms with Gasteiger partial charge in [0.25, 0.3) is 0 Å². The summed E-state index contributed by atoms with van der Waals surface area (Å²) in [5.74, 6) is -3.75. The molecule has 0 spiro atoms. The van der Waals surface area contributed by atoms with Crippen molar-refractivity contribution in [2.24, 2.45) is 17.3 Å². The molecule has 160 valence electrons. The van der Waals surface area contributed by atoms with Crippen molar-refractivity contribution in [2.75, 3.05) is 0 Å². The molecule has 1 aliphatic rings. The van der Waals surface area contributed by atoms with Gasteiger partial charge in [-0.05, 0) is 42.5 Å². The minimum Gasteiger partial charge on any atom is -0.456 e. The molecule has 1 aromatic carbocycles. The lowest BCUT2D eigenvalue weighted by atomic mass is 10.1. The topological polar surface area (TPSA) is 48.4 Å². The predicted molar refractivity (Wildman–Crippen MR) is 101 cm³/mol. The summed E-state index contributed by atoms with van der Waals surface area (Å²) in [7, 11) is 0. The minimum atomic E-state index is -5.07. The Labute approximate surface area is 171 Å². The Balaban J connectivity index is 1.67. The molecule has 0 N–H and O–H groups in total. The maximum Gasteiger partial charge on any atom is 0.442 e. The molecule has 30 heavy (non-hydrogen) atoms. The molecule has 0 bridgehead atoms. The van der Waals surface area contributed by atoms with Crippen molar-refractivity contribution in [1.29, 1.82) is 0 Å². The SMILES string of the molecule is CC(OC(=O)[C@@H]1[C@H](C=C(F)C(F)(F)F)C1(C)C)c1cccc(Oc2ccccc2)n1. The molecule has 4 nitrogen and oxygen atoms in total. The quantitative estimate of drug-likeness (QED) is 0.412. The lowest BCUT2D eigenvalue weighted by Gasteiger charge is -2.14. The summed E-state index contributed by atoms with van der Waals surface area (Å²) in [6.45, 7) is 4.80. The fourth-order valence-electron chi connectivity index (χ4n) is 3.32. The van der Waals surface area contributed by atoms with E-state index in [-0.39, 0.29) is 0 Å². The monoisotopic (exact) mass is 423 g/mol. The molecule has 3 rings (SSSR count). The molecule has 1 aliphatic carbocycles. The molecule has 1 unspecified atom stereocenters. The Hall–Kier alpha value is -2.90. The third-order valence-electron chi connectivity index (χ3n) is 5.18. The number of esters is 1. The normalized spacial score (nSPS) is 21.6. The first-order valence-corrected chi connectivity index (χ1v) is 9.35. The van der Waals surface area contributed by atoms with Crippen LogP contribution in [0.4, 0.5) is 17.6 Å². The number of alkyl halides is 3. The van der Waals surface area contributed by atoms with Gasteiger partial charge in [0.1, 0.15) is 11.9 Å². The van der Waals surface area contributed by atoms with E-state index in [1.807, 2.05) is 18.2 Å². The lowest BCUT2D eigenvalue weighted by molar-refractivity contribution is -0.151. The van der Waals surface area contributed by atoms with Gasteiger partial charge in [-0.3, -0.25) is 4.79 Å². The van der Waals surface area contributed by atoms with Crippen LogP contribution in [0.2, 0.25) is 0 Å². The molecule has 0 radical (unpaired) electrons. The highest BCUT2D eigenvalue weighted by molar-refractivity contribution is 5.78. The molecule has 2 aromatic rings. The van der Waals surface area contributed by atoms with Crippen LogP contribution in [0.15, 0.2) is 60.4 Å². The highest BCUT2D eigenvalue weighted by Crippen LogP contribution is 2.60. The van der Waals surface area contributed by atoms with E-state index in [2.05, 4.69) is 4.98 Å². The number of nitrogens with zero attached hydrogens (tertiary/aromatic N) is 1. The average Bonchev–Trinajstić information content (AvgIpc) is 3.22. The van der Waals surface area contributed by atoms with E-state index in [9.17, 15) is 22.4 Å². The first-order valence-electron chi connectivity index (χ1n) is 9.35. The van der Waals surface area contributed by atoms with Crippen molar-refractivity contribution in [3.63, 3.8) is 0 Å². The zero-order valence-electron chi connectivity index (χ0n) is 16.6. The molecule has 1 heterocycles. The molecule has 1 fully saturated rings. The Kier molecular flexibility index (Phi) is 5.87. The molecule has 3 atom stereocenters. The van der Waals surface area contributed by atoms with Gasteiger partial charge in [-0.1, -0.05) is 38.1 Å². The van der Waals surface area contributed by atoms with Crippen LogP contribution < -0.4 is 4.74 Å². The maximum atomic E-state index is 13.3. The number of aromatic nitrogens is 1. The van der Waals surface area contributed by atoms with Crippen LogP contribution in [-0.2, 0) is 9.53 Å². The Morgan fingerprint density at radius 2 is 1.80 bits per heavy atom. The van der Waals surface area contributed by atoms with Crippen LogP contribution >= 0.6 is 0 Å². The van der Waals surface area contributed by atoms with E-state index < -0.39 is 41.3 Å². The number of ether oxygens (including phenoxy) is 2. The number of rotatable bonds is 6. The molecule has 1 saturated carbocycles. The molecule has 0 aliphatic heterocycles. The number of hydrogen-bond acceptors (Lipinski definition) is 4. The van der Waals surface area contributed by atoms with Crippen LogP contribution in [0.25, 0.3) is 0 Å².